The standard InChI is InChI=1S/C13H16BrNO4/c1-7-4-5-11(10(14)6-7)19-9(3)12(16)15-8(2)13(17)18/h4-6,8-9H,1-3H3,(H,15,16)(H,17,18). The second-order valence-corrected chi connectivity index (χ2v) is 5.12. The molecule has 0 saturated carbocycles. The van der Waals surface area contributed by atoms with Crippen molar-refractivity contribution in [3.05, 3.63) is 28.2 Å². The number of aliphatic carboxylic acids is 1. The van der Waals surface area contributed by atoms with Gasteiger partial charge < -0.3 is 15.2 Å². The van der Waals surface area contributed by atoms with Crippen molar-refractivity contribution >= 4 is 27.8 Å². The number of carbonyl (C=O) groups excluding carboxylic acids is 1. The van der Waals surface area contributed by atoms with Crippen molar-refractivity contribution in [3.8, 4) is 5.75 Å². The predicted octanol–water partition coefficient (Wildman–Crippen LogP) is 2.11. The van der Waals surface area contributed by atoms with Gasteiger partial charge in [-0.25, -0.2) is 0 Å². The van der Waals surface area contributed by atoms with Gasteiger partial charge in [0, 0.05) is 0 Å². The number of ether oxygens (including phenoxy) is 1. The summed E-state index contributed by atoms with van der Waals surface area (Å²) in [4.78, 5) is 22.4. The van der Waals surface area contributed by atoms with Gasteiger partial charge in [-0.15, -0.1) is 0 Å². The smallest absolute Gasteiger partial charge is 0.325 e. The quantitative estimate of drug-likeness (QED) is 0.867. The SMILES string of the molecule is Cc1ccc(OC(C)C(=O)NC(C)C(=O)O)c(Br)c1. The van der Waals surface area contributed by atoms with Gasteiger partial charge in [-0.1, -0.05) is 6.07 Å². The molecule has 104 valence electrons. The Balaban J connectivity index is 2.66. The van der Waals surface area contributed by atoms with E-state index in [1.807, 2.05) is 19.1 Å². The number of hydrogen-bond acceptors (Lipinski definition) is 3. The molecule has 0 aliphatic heterocycles. The van der Waals surface area contributed by atoms with E-state index in [4.69, 9.17) is 9.84 Å². The molecule has 0 spiro atoms. The molecule has 1 aromatic carbocycles. The second-order valence-electron chi connectivity index (χ2n) is 4.26. The van der Waals surface area contributed by atoms with E-state index >= 15 is 0 Å². The molecule has 0 fully saturated rings. The highest BCUT2D eigenvalue weighted by molar-refractivity contribution is 9.10. The zero-order valence-corrected chi connectivity index (χ0v) is 12.5. The van der Waals surface area contributed by atoms with E-state index in [9.17, 15) is 9.59 Å². The fourth-order valence-corrected chi connectivity index (χ4v) is 1.92. The number of carbonyl (C=O) groups is 2. The lowest BCUT2D eigenvalue weighted by Gasteiger charge is -2.17. The number of hydrogen-bond donors (Lipinski definition) is 2. The van der Waals surface area contributed by atoms with Crippen molar-refractivity contribution in [3.63, 3.8) is 0 Å². The first-order valence-corrected chi connectivity index (χ1v) is 6.56. The Morgan fingerprint density at radius 3 is 2.53 bits per heavy atom. The highest BCUT2D eigenvalue weighted by Gasteiger charge is 2.20. The maximum Gasteiger partial charge on any atom is 0.325 e. The minimum Gasteiger partial charge on any atom is -0.480 e. The van der Waals surface area contributed by atoms with Crippen molar-refractivity contribution in [2.45, 2.75) is 32.9 Å². The lowest BCUT2D eigenvalue weighted by Crippen LogP contribution is -2.44. The Morgan fingerprint density at radius 1 is 1.37 bits per heavy atom. The third kappa shape index (κ3) is 4.55. The number of carboxylic acids is 1. The van der Waals surface area contributed by atoms with Crippen LogP contribution >= 0.6 is 15.9 Å². The molecule has 0 aromatic heterocycles. The molecule has 1 aromatic rings. The highest BCUT2D eigenvalue weighted by Crippen LogP contribution is 2.26. The Morgan fingerprint density at radius 2 is 2.00 bits per heavy atom. The molecule has 0 saturated heterocycles. The van der Waals surface area contributed by atoms with E-state index in [2.05, 4.69) is 21.2 Å². The molecule has 19 heavy (non-hydrogen) atoms. The van der Waals surface area contributed by atoms with Crippen molar-refractivity contribution in [1.82, 2.24) is 5.32 Å². The molecule has 6 heteroatoms. The Hall–Kier alpha value is -1.56. The first-order valence-electron chi connectivity index (χ1n) is 5.77. The molecule has 0 bridgehead atoms. The first-order chi connectivity index (χ1) is 8.81. The summed E-state index contributed by atoms with van der Waals surface area (Å²) in [6, 6.07) is 4.55. The van der Waals surface area contributed by atoms with Gasteiger partial charge >= 0.3 is 5.97 Å². The Labute approximate surface area is 120 Å². The van der Waals surface area contributed by atoms with Crippen molar-refractivity contribution < 1.29 is 19.4 Å². The molecule has 2 N–H and O–H groups in total. The minimum absolute atomic E-state index is 0.470. The van der Waals surface area contributed by atoms with Crippen LogP contribution in [0.25, 0.3) is 0 Å². The van der Waals surface area contributed by atoms with Crippen LogP contribution in [0.4, 0.5) is 0 Å². The lowest BCUT2D eigenvalue weighted by atomic mass is 10.2. The molecule has 2 atom stereocenters. The van der Waals surface area contributed by atoms with Crippen LogP contribution in [0.15, 0.2) is 22.7 Å². The first kappa shape index (κ1) is 15.5. The topological polar surface area (TPSA) is 75.6 Å². The van der Waals surface area contributed by atoms with Crippen LogP contribution in [-0.4, -0.2) is 29.1 Å². The van der Waals surface area contributed by atoms with E-state index in [1.54, 1.807) is 13.0 Å². The molecule has 2 unspecified atom stereocenters. The summed E-state index contributed by atoms with van der Waals surface area (Å²) < 4.78 is 6.24. The Kier molecular flexibility index (Phi) is 5.35. The van der Waals surface area contributed by atoms with E-state index in [0.717, 1.165) is 10.0 Å². The van der Waals surface area contributed by atoms with Crippen LogP contribution in [0.5, 0.6) is 5.75 Å². The molecular formula is C13H16BrNO4. The van der Waals surface area contributed by atoms with Crippen LogP contribution in [0, 0.1) is 6.92 Å². The van der Waals surface area contributed by atoms with Crippen LogP contribution in [0.1, 0.15) is 19.4 Å². The molecular weight excluding hydrogens is 314 g/mol. The van der Waals surface area contributed by atoms with Crippen LogP contribution in [-0.2, 0) is 9.59 Å². The van der Waals surface area contributed by atoms with Gasteiger partial charge in [0.25, 0.3) is 5.91 Å². The van der Waals surface area contributed by atoms with E-state index in [1.165, 1.54) is 6.92 Å². The zero-order valence-electron chi connectivity index (χ0n) is 10.9. The second kappa shape index (κ2) is 6.56. The molecule has 0 aliphatic carbocycles. The average Bonchev–Trinajstić information content (AvgIpc) is 2.32. The number of aryl methyl sites for hydroxylation is 1. The summed E-state index contributed by atoms with van der Waals surface area (Å²) in [5.41, 5.74) is 1.07. The van der Waals surface area contributed by atoms with Crippen LogP contribution in [0.2, 0.25) is 0 Å². The Bertz CT molecular complexity index is 490. The largest absolute Gasteiger partial charge is 0.480 e. The number of benzene rings is 1. The number of rotatable bonds is 5. The maximum absolute atomic E-state index is 11.7. The summed E-state index contributed by atoms with van der Waals surface area (Å²) >= 11 is 3.35. The molecule has 0 heterocycles. The van der Waals surface area contributed by atoms with Gasteiger partial charge in [0.05, 0.1) is 4.47 Å². The fourth-order valence-electron chi connectivity index (χ4n) is 1.34. The normalized spacial score (nSPS) is 13.5. The number of nitrogens with one attached hydrogen (secondary N) is 1. The van der Waals surface area contributed by atoms with E-state index in [0.29, 0.717) is 5.75 Å². The van der Waals surface area contributed by atoms with Crippen molar-refractivity contribution in [1.29, 1.82) is 0 Å². The number of halogens is 1. The lowest BCUT2D eigenvalue weighted by molar-refractivity contribution is -0.142. The third-order valence-corrected chi connectivity index (χ3v) is 3.11. The maximum atomic E-state index is 11.7. The van der Waals surface area contributed by atoms with E-state index in [-0.39, 0.29) is 0 Å². The van der Waals surface area contributed by atoms with Crippen molar-refractivity contribution in [2.75, 3.05) is 0 Å². The minimum atomic E-state index is -1.09. The van der Waals surface area contributed by atoms with Gasteiger partial charge in [-0.3, -0.25) is 9.59 Å². The van der Waals surface area contributed by atoms with Crippen LogP contribution < -0.4 is 10.1 Å². The summed E-state index contributed by atoms with van der Waals surface area (Å²) in [5.74, 6) is -1.02. The van der Waals surface area contributed by atoms with Gasteiger partial charge in [0.15, 0.2) is 6.10 Å². The number of carboxylic acid groups (broad SMARTS) is 1. The highest BCUT2D eigenvalue weighted by atomic mass is 79.9. The molecule has 5 nitrogen and oxygen atoms in total. The summed E-state index contributed by atoms with van der Waals surface area (Å²) in [5, 5.41) is 11.1. The van der Waals surface area contributed by atoms with Crippen molar-refractivity contribution in [2.24, 2.45) is 0 Å². The van der Waals surface area contributed by atoms with E-state index < -0.39 is 24.0 Å². The van der Waals surface area contributed by atoms with Crippen LogP contribution in [0.3, 0.4) is 0 Å². The van der Waals surface area contributed by atoms with Gasteiger partial charge in [0.1, 0.15) is 11.8 Å². The summed E-state index contributed by atoms with van der Waals surface area (Å²) in [6.45, 7) is 4.91. The van der Waals surface area contributed by atoms with Gasteiger partial charge in [-0.2, -0.15) is 0 Å². The molecule has 0 aliphatic rings. The van der Waals surface area contributed by atoms with Gasteiger partial charge in [0.2, 0.25) is 0 Å². The molecule has 0 radical (unpaired) electrons. The average molecular weight is 330 g/mol. The summed E-state index contributed by atoms with van der Waals surface area (Å²) in [7, 11) is 0. The van der Waals surface area contributed by atoms with Gasteiger partial charge in [-0.05, 0) is 54.4 Å². The monoisotopic (exact) mass is 329 g/mol. The molecule has 1 amide bonds. The zero-order chi connectivity index (χ0) is 14.6. The third-order valence-electron chi connectivity index (χ3n) is 2.49. The summed E-state index contributed by atoms with van der Waals surface area (Å²) in [6.07, 6.45) is -0.777. The fraction of sp³-hybridized carbons (Fsp3) is 0.385. The predicted molar refractivity (Wildman–Crippen MR) is 74.2 cm³/mol. The molecule has 1 rings (SSSR count). The number of amides is 1.